The van der Waals surface area contributed by atoms with E-state index < -0.39 is 0 Å². The highest BCUT2D eigenvalue weighted by molar-refractivity contribution is 7.07. The first-order valence-electron chi connectivity index (χ1n) is 7.69. The van der Waals surface area contributed by atoms with Crippen LogP contribution in [0.2, 0.25) is 0 Å². The fourth-order valence-corrected chi connectivity index (χ4v) is 3.39. The van der Waals surface area contributed by atoms with Crippen LogP contribution in [0.1, 0.15) is 43.1 Å². The Labute approximate surface area is 134 Å². The molecule has 2 N–H and O–H groups in total. The van der Waals surface area contributed by atoms with Crippen LogP contribution in [0.4, 0.5) is 4.79 Å². The number of carbonyl (C=O) groups excluding carboxylic acids is 1. The van der Waals surface area contributed by atoms with E-state index in [1.54, 1.807) is 17.5 Å². The quantitative estimate of drug-likeness (QED) is 0.860. The van der Waals surface area contributed by atoms with E-state index in [1.165, 1.54) is 5.56 Å². The number of amides is 2. The number of rotatable bonds is 6. The topological polar surface area (TPSA) is 59.0 Å². The third kappa shape index (κ3) is 3.50. The predicted molar refractivity (Wildman–Crippen MR) is 87.9 cm³/mol. The normalized spacial score (nSPS) is 17.0. The van der Waals surface area contributed by atoms with Gasteiger partial charge in [-0.15, -0.1) is 0 Å². The monoisotopic (exact) mass is 318 g/mol. The molecule has 2 atom stereocenters. The molecule has 2 unspecified atom stereocenters. The van der Waals surface area contributed by atoms with Gasteiger partial charge in [-0.05, 0) is 47.1 Å². The summed E-state index contributed by atoms with van der Waals surface area (Å²) in [5.41, 5.74) is 1.27. The van der Waals surface area contributed by atoms with Crippen molar-refractivity contribution in [1.29, 1.82) is 0 Å². The van der Waals surface area contributed by atoms with Gasteiger partial charge in [0.15, 0.2) is 0 Å². The lowest BCUT2D eigenvalue weighted by atomic mass is 10.1. The molecule has 5 nitrogen and oxygen atoms in total. The number of nitrogens with one attached hydrogen (secondary N) is 2. The fourth-order valence-electron chi connectivity index (χ4n) is 2.61. The van der Waals surface area contributed by atoms with Crippen molar-refractivity contribution in [3.63, 3.8) is 0 Å². The standard InChI is InChI=1S/C16H22N4OS/c1-11(13-5-8-22-10-13)9-18-16(21)19-14(12-3-4-12)15-17-6-7-20(15)2/h5-8,10-12,14H,3-4,9H2,1-2H3,(H2,18,19,21). The van der Waals surface area contributed by atoms with Crippen LogP contribution in [0.25, 0.3) is 0 Å². The maximum absolute atomic E-state index is 12.2. The summed E-state index contributed by atoms with van der Waals surface area (Å²) in [6.07, 6.45) is 6.01. The summed E-state index contributed by atoms with van der Waals surface area (Å²) in [6, 6.07) is 2.01. The number of hydrogen-bond donors (Lipinski definition) is 2. The number of hydrogen-bond acceptors (Lipinski definition) is 3. The molecule has 2 heterocycles. The van der Waals surface area contributed by atoms with Crippen molar-refractivity contribution in [3.8, 4) is 0 Å². The molecule has 22 heavy (non-hydrogen) atoms. The molecule has 2 amide bonds. The largest absolute Gasteiger partial charge is 0.338 e. The zero-order chi connectivity index (χ0) is 15.5. The number of thiophene rings is 1. The van der Waals surface area contributed by atoms with Crippen molar-refractivity contribution < 1.29 is 4.79 Å². The number of nitrogens with zero attached hydrogens (tertiary/aromatic N) is 2. The molecule has 0 bridgehead atoms. The van der Waals surface area contributed by atoms with Crippen molar-refractivity contribution in [2.24, 2.45) is 13.0 Å². The molecule has 3 rings (SSSR count). The highest BCUT2D eigenvalue weighted by atomic mass is 32.1. The van der Waals surface area contributed by atoms with E-state index in [0.29, 0.717) is 18.4 Å². The maximum atomic E-state index is 12.2. The van der Waals surface area contributed by atoms with Gasteiger partial charge in [0.25, 0.3) is 0 Å². The average Bonchev–Trinajstić information content (AvgIpc) is 3.02. The van der Waals surface area contributed by atoms with Crippen LogP contribution in [0.15, 0.2) is 29.2 Å². The van der Waals surface area contributed by atoms with Crippen LogP contribution < -0.4 is 10.6 Å². The van der Waals surface area contributed by atoms with E-state index in [0.717, 1.165) is 18.7 Å². The van der Waals surface area contributed by atoms with E-state index in [1.807, 2.05) is 17.8 Å². The molecule has 1 fully saturated rings. The summed E-state index contributed by atoms with van der Waals surface area (Å²) >= 11 is 1.69. The highest BCUT2D eigenvalue weighted by Crippen LogP contribution is 2.40. The molecule has 118 valence electrons. The van der Waals surface area contributed by atoms with Crippen molar-refractivity contribution in [2.75, 3.05) is 6.54 Å². The average molecular weight is 318 g/mol. The number of urea groups is 1. The first-order valence-corrected chi connectivity index (χ1v) is 8.63. The highest BCUT2D eigenvalue weighted by Gasteiger charge is 2.35. The van der Waals surface area contributed by atoms with Gasteiger partial charge in [0.1, 0.15) is 5.82 Å². The molecule has 0 aliphatic heterocycles. The molecule has 0 saturated heterocycles. The third-order valence-electron chi connectivity index (χ3n) is 4.20. The van der Waals surface area contributed by atoms with E-state index in [2.05, 4.69) is 39.4 Å². The lowest BCUT2D eigenvalue weighted by Crippen LogP contribution is -2.40. The summed E-state index contributed by atoms with van der Waals surface area (Å²) < 4.78 is 1.98. The fraction of sp³-hybridized carbons (Fsp3) is 0.500. The summed E-state index contributed by atoms with van der Waals surface area (Å²) in [7, 11) is 1.97. The Morgan fingerprint density at radius 1 is 1.55 bits per heavy atom. The van der Waals surface area contributed by atoms with Crippen LogP contribution >= 0.6 is 11.3 Å². The van der Waals surface area contributed by atoms with E-state index in [9.17, 15) is 4.79 Å². The Morgan fingerprint density at radius 3 is 2.95 bits per heavy atom. The van der Waals surface area contributed by atoms with Gasteiger partial charge in [-0.1, -0.05) is 6.92 Å². The van der Waals surface area contributed by atoms with Gasteiger partial charge in [0.05, 0.1) is 6.04 Å². The molecule has 1 aliphatic carbocycles. The second-order valence-corrected chi connectivity index (χ2v) is 6.80. The zero-order valence-corrected chi connectivity index (χ0v) is 13.8. The SMILES string of the molecule is CC(CNC(=O)NC(c1nccn1C)C1CC1)c1ccsc1. The van der Waals surface area contributed by atoms with Gasteiger partial charge in [-0.3, -0.25) is 0 Å². The van der Waals surface area contributed by atoms with Crippen molar-refractivity contribution in [1.82, 2.24) is 20.2 Å². The molecule has 0 aromatic carbocycles. The van der Waals surface area contributed by atoms with E-state index >= 15 is 0 Å². The molecule has 0 spiro atoms. The van der Waals surface area contributed by atoms with Gasteiger partial charge in [0, 0.05) is 26.0 Å². The minimum absolute atomic E-state index is 0.0106. The summed E-state index contributed by atoms with van der Waals surface area (Å²) in [5, 5.41) is 10.3. The van der Waals surface area contributed by atoms with Crippen LogP contribution in [0.3, 0.4) is 0 Å². The Balaban J connectivity index is 1.55. The smallest absolute Gasteiger partial charge is 0.315 e. The van der Waals surface area contributed by atoms with Crippen LogP contribution in [0.5, 0.6) is 0 Å². The molecule has 6 heteroatoms. The number of imidazole rings is 1. The maximum Gasteiger partial charge on any atom is 0.315 e. The summed E-state index contributed by atoms with van der Waals surface area (Å²) in [6.45, 7) is 2.76. The summed E-state index contributed by atoms with van der Waals surface area (Å²) in [4.78, 5) is 16.6. The Hall–Kier alpha value is -1.82. The molecule has 0 radical (unpaired) electrons. The summed E-state index contributed by atoms with van der Waals surface area (Å²) in [5.74, 6) is 1.77. The Morgan fingerprint density at radius 2 is 2.36 bits per heavy atom. The molecule has 2 aromatic rings. The second kappa shape index (κ2) is 6.52. The second-order valence-electron chi connectivity index (χ2n) is 6.02. The van der Waals surface area contributed by atoms with Crippen LogP contribution in [-0.2, 0) is 7.05 Å². The van der Waals surface area contributed by atoms with Crippen molar-refractivity contribution in [2.45, 2.75) is 31.7 Å². The van der Waals surface area contributed by atoms with Crippen LogP contribution in [0, 0.1) is 5.92 Å². The van der Waals surface area contributed by atoms with Crippen molar-refractivity contribution >= 4 is 17.4 Å². The number of aromatic nitrogens is 2. The van der Waals surface area contributed by atoms with Crippen molar-refractivity contribution in [3.05, 3.63) is 40.6 Å². The number of carbonyl (C=O) groups is 1. The predicted octanol–water partition coefficient (Wildman–Crippen LogP) is 3.04. The minimum atomic E-state index is -0.109. The zero-order valence-electron chi connectivity index (χ0n) is 13.0. The van der Waals surface area contributed by atoms with Gasteiger partial charge < -0.3 is 15.2 Å². The number of aryl methyl sites for hydroxylation is 1. The van der Waals surface area contributed by atoms with E-state index in [-0.39, 0.29) is 12.1 Å². The van der Waals surface area contributed by atoms with Gasteiger partial charge in [-0.25, -0.2) is 9.78 Å². The first-order chi connectivity index (χ1) is 10.6. The first kappa shape index (κ1) is 15.1. The third-order valence-corrected chi connectivity index (χ3v) is 4.90. The molecular formula is C16H22N4OS. The van der Waals surface area contributed by atoms with Gasteiger partial charge >= 0.3 is 6.03 Å². The molecule has 1 saturated carbocycles. The van der Waals surface area contributed by atoms with Gasteiger partial charge in [0.2, 0.25) is 0 Å². The minimum Gasteiger partial charge on any atom is -0.338 e. The molecule has 1 aliphatic rings. The van der Waals surface area contributed by atoms with Crippen LogP contribution in [-0.4, -0.2) is 22.1 Å². The van der Waals surface area contributed by atoms with Gasteiger partial charge in [-0.2, -0.15) is 11.3 Å². The lowest BCUT2D eigenvalue weighted by Gasteiger charge is -2.19. The molecule has 2 aromatic heterocycles. The van der Waals surface area contributed by atoms with E-state index in [4.69, 9.17) is 0 Å². The Bertz CT molecular complexity index is 618. The molecular weight excluding hydrogens is 296 g/mol. The lowest BCUT2D eigenvalue weighted by molar-refractivity contribution is 0.234. The Kier molecular flexibility index (Phi) is 4.47.